The highest BCUT2D eigenvalue weighted by Crippen LogP contribution is 2.42. The number of hydrogen-bond donors (Lipinski definition) is 2. The maximum atomic E-state index is 13.1. The Labute approximate surface area is 158 Å². The molecule has 3 rings (SSSR count). The van der Waals surface area contributed by atoms with E-state index in [-0.39, 0.29) is 30.3 Å². The monoisotopic (exact) mass is 390 g/mol. The summed E-state index contributed by atoms with van der Waals surface area (Å²) in [6, 6.07) is 5.67. The van der Waals surface area contributed by atoms with Gasteiger partial charge in [0.2, 0.25) is 5.91 Å². The topological polar surface area (TPSA) is 55.1 Å². The van der Waals surface area contributed by atoms with Crippen molar-refractivity contribution in [2.24, 2.45) is 11.7 Å². The third kappa shape index (κ3) is 4.52. The lowest BCUT2D eigenvalue weighted by Crippen LogP contribution is -2.41. The minimum absolute atomic E-state index is 0. The third-order valence-electron chi connectivity index (χ3n) is 5.81. The second kappa shape index (κ2) is 8.17. The van der Waals surface area contributed by atoms with Gasteiger partial charge in [-0.25, -0.2) is 0 Å². The molecule has 1 aromatic carbocycles. The van der Waals surface area contributed by atoms with Crippen LogP contribution < -0.4 is 11.1 Å². The van der Waals surface area contributed by atoms with E-state index in [0.717, 1.165) is 44.6 Å². The first-order chi connectivity index (χ1) is 11.8. The largest absolute Gasteiger partial charge is 0.416 e. The fraction of sp³-hybridized carbons (Fsp3) is 0.632. The lowest BCUT2D eigenvalue weighted by Gasteiger charge is -2.31. The fourth-order valence-electron chi connectivity index (χ4n) is 4.30. The van der Waals surface area contributed by atoms with Gasteiger partial charge in [-0.05, 0) is 43.7 Å². The normalized spacial score (nSPS) is 24.9. The van der Waals surface area contributed by atoms with Crippen molar-refractivity contribution in [2.75, 3.05) is 6.54 Å². The lowest BCUT2D eigenvalue weighted by atomic mass is 9.78. The van der Waals surface area contributed by atoms with Crippen molar-refractivity contribution < 1.29 is 18.0 Å². The summed E-state index contributed by atoms with van der Waals surface area (Å²) in [6.07, 6.45) is 1.56. The Bertz CT molecular complexity index is 629. The Morgan fingerprint density at radius 2 is 1.92 bits per heavy atom. The molecule has 0 aliphatic heterocycles. The van der Waals surface area contributed by atoms with E-state index >= 15 is 0 Å². The molecule has 0 saturated heterocycles. The molecule has 2 fully saturated rings. The summed E-state index contributed by atoms with van der Waals surface area (Å²) in [7, 11) is 0. The quantitative estimate of drug-likeness (QED) is 0.810. The van der Waals surface area contributed by atoms with Crippen LogP contribution >= 0.6 is 12.4 Å². The highest BCUT2D eigenvalue weighted by atomic mass is 35.5. The molecule has 146 valence electrons. The van der Waals surface area contributed by atoms with Crippen molar-refractivity contribution in [3.63, 3.8) is 0 Å². The van der Waals surface area contributed by atoms with Crippen molar-refractivity contribution in [2.45, 2.75) is 62.6 Å². The van der Waals surface area contributed by atoms with Gasteiger partial charge < -0.3 is 11.1 Å². The number of nitrogens with one attached hydrogen (secondary N) is 1. The number of carbonyl (C=O) groups is 1. The van der Waals surface area contributed by atoms with E-state index in [1.165, 1.54) is 12.1 Å². The van der Waals surface area contributed by atoms with E-state index in [0.29, 0.717) is 18.5 Å². The Balaban J connectivity index is 0.00000243. The molecule has 0 heterocycles. The van der Waals surface area contributed by atoms with E-state index < -0.39 is 17.2 Å². The van der Waals surface area contributed by atoms with Gasteiger partial charge in [-0.15, -0.1) is 12.4 Å². The Kier molecular flexibility index (Phi) is 6.61. The second-order valence-corrected chi connectivity index (χ2v) is 7.55. The van der Waals surface area contributed by atoms with Crippen LogP contribution in [0.4, 0.5) is 13.2 Å². The molecule has 0 aromatic heterocycles. The van der Waals surface area contributed by atoms with Crippen molar-refractivity contribution in [3.05, 3.63) is 35.4 Å². The molecule has 0 spiro atoms. The summed E-state index contributed by atoms with van der Waals surface area (Å²) in [5.74, 6) is -0.0684. The first-order valence-corrected chi connectivity index (χ1v) is 9.01. The van der Waals surface area contributed by atoms with Crippen LogP contribution in [0.1, 0.15) is 56.1 Å². The molecule has 7 heteroatoms. The molecule has 2 unspecified atom stereocenters. The maximum absolute atomic E-state index is 13.1. The van der Waals surface area contributed by atoms with E-state index in [9.17, 15) is 18.0 Å². The van der Waals surface area contributed by atoms with Crippen LogP contribution in [0.25, 0.3) is 0 Å². The van der Waals surface area contributed by atoms with E-state index in [4.69, 9.17) is 5.73 Å². The summed E-state index contributed by atoms with van der Waals surface area (Å²) in [6.45, 7) is 0.402. The average molecular weight is 391 g/mol. The van der Waals surface area contributed by atoms with Crippen LogP contribution in [0.15, 0.2) is 24.3 Å². The summed E-state index contributed by atoms with van der Waals surface area (Å²) in [5, 5.41) is 3.01. The van der Waals surface area contributed by atoms with Gasteiger partial charge in [-0.3, -0.25) is 4.79 Å². The zero-order valence-corrected chi connectivity index (χ0v) is 15.5. The van der Waals surface area contributed by atoms with Crippen LogP contribution in [0.5, 0.6) is 0 Å². The number of nitrogens with two attached hydrogens (primary N) is 1. The van der Waals surface area contributed by atoms with Gasteiger partial charge in [-0.2, -0.15) is 13.2 Å². The molecule has 26 heavy (non-hydrogen) atoms. The Morgan fingerprint density at radius 1 is 1.23 bits per heavy atom. The van der Waals surface area contributed by atoms with Crippen molar-refractivity contribution >= 4 is 18.3 Å². The molecule has 2 saturated carbocycles. The van der Waals surface area contributed by atoms with Crippen molar-refractivity contribution in [1.29, 1.82) is 0 Å². The van der Waals surface area contributed by atoms with Crippen LogP contribution in [-0.4, -0.2) is 18.5 Å². The van der Waals surface area contributed by atoms with Crippen LogP contribution in [0.2, 0.25) is 0 Å². The maximum Gasteiger partial charge on any atom is 0.416 e. The van der Waals surface area contributed by atoms with Gasteiger partial charge in [0.25, 0.3) is 0 Å². The first-order valence-electron chi connectivity index (χ1n) is 9.01. The molecule has 0 radical (unpaired) electrons. The third-order valence-corrected chi connectivity index (χ3v) is 5.81. The van der Waals surface area contributed by atoms with Gasteiger partial charge in [0.15, 0.2) is 0 Å². The van der Waals surface area contributed by atoms with Gasteiger partial charge in [-0.1, -0.05) is 31.0 Å². The first kappa shape index (κ1) is 21.0. The molecule has 3 nitrogen and oxygen atoms in total. The van der Waals surface area contributed by atoms with Crippen LogP contribution in [-0.2, 0) is 16.4 Å². The number of carbonyl (C=O) groups excluding carboxylic acids is 1. The van der Waals surface area contributed by atoms with Gasteiger partial charge in [0, 0.05) is 23.9 Å². The number of hydrogen-bond acceptors (Lipinski definition) is 2. The minimum atomic E-state index is -4.35. The molecule has 2 atom stereocenters. The zero-order valence-electron chi connectivity index (χ0n) is 14.6. The number of benzene rings is 1. The molecule has 1 amide bonds. The number of rotatable bonds is 4. The Morgan fingerprint density at radius 3 is 2.50 bits per heavy atom. The molecular weight excluding hydrogens is 365 g/mol. The smallest absolute Gasteiger partial charge is 0.355 e. The predicted molar refractivity (Wildman–Crippen MR) is 97.2 cm³/mol. The fourth-order valence-corrected chi connectivity index (χ4v) is 4.30. The standard InChI is InChI=1S/C19H25F3N2O.ClH/c20-19(21,22)15-5-3-4-14(11-15)18(8-1-2-9-18)12-24-17(25)13-6-7-16(23)10-13;/h3-5,11,13,16H,1-2,6-10,12,23H2,(H,24,25);1H. The highest BCUT2D eigenvalue weighted by Gasteiger charge is 2.39. The minimum Gasteiger partial charge on any atom is -0.355 e. The molecule has 2 aliphatic carbocycles. The number of amides is 1. The zero-order chi connectivity index (χ0) is 18.1. The van der Waals surface area contributed by atoms with Crippen LogP contribution in [0, 0.1) is 5.92 Å². The second-order valence-electron chi connectivity index (χ2n) is 7.55. The van der Waals surface area contributed by atoms with E-state index in [1.807, 2.05) is 0 Å². The van der Waals surface area contributed by atoms with Gasteiger partial charge in [0.1, 0.15) is 0 Å². The summed E-state index contributed by atoms with van der Waals surface area (Å²) >= 11 is 0. The van der Waals surface area contributed by atoms with Gasteiger partial charge >= 0.3 is 6.18 Å². The molecular formula is C19H26ClF3N2O. The lowest BCUT2D eigenvalue weighted by molar-refractivity contribution is -0.137. The van der Waals surface area contributed by atoms with Gasteiger partial charge in [0.05, 0.1) is 5.56 Å². The van der Waals surface area contributed by atoms with Crippen molar-refractivity contribution in [1.82, 2.24) is 5.32 Å². The number of alkyl halides is 3. The van der Waals surface area contributed by atoms with Crippen molar-refractivity contribution in [3.8, 4) is 0 Å². The highest BCUT2D eigenvalue weighted by molar-refractivity contribution is 5.85. The van der Waals surface area contributed by atoms with Crippen LogP contribution in [0.3, 0.4) is 0 Å². The SMILES string of the molecule is Cl.NC1CCC(C(=O)NCC2(c3cccc(C(F)(F)F)c3)CCCC2)C1. The predicted octanol–water partition coefficient (Wildman–Crippen LogP) is 4.18. The Hall–Kier alpha value is -1.27. The number of halogens is 4. The molecule has 2 aliphatic rings. The van der Waals surface area contributed by atoms with E-state index in [2.05, 4.69) is 5.32 Å². The molecule has 3 N–H and O–H groups in total. The van der Waals surface area contributed by atoms with E-state index in [1.54, 1.807) is 6.07 Å². The molecule has 1 aromatic rings. The molecule has 0 bridgehead atoms. The summed E-state index contributed by atoms with van der Waals surface area (Å²) in [4.78, 5) is 12.4. The average Bonchev–Trinajstić information content (AvgIpc) is 3.22. The summed E-state index contributed by atoms with van der Waals surface area (Å²) < 4.78 is 39.2. The summed E-state index contributed by atoms with van der Waals surface area (Å²) in [5.41, 5.74) is 5.54.